The van der Waals surface area contributed by atoms with Crippen LogP contribution in [0.25, 0.3) is 0 Å². The molecular weight excluding hydrogens is 76.1 g/mol. The third-order valence-corrected chi connectivity index (χ3v) is 0. The van der Waals surface area contributed by atoms with E-state index >= 15 is 0 Å². The smallest absolute Gasteiger partial charge is 0.00244 e. The maximum atomic E-state index is 3.00. The van der Waals surface area contributed by atoms with Crippen molar-refractivity contribution < 1.29 is 0 Å². The molecule has 0 nitrogen and oxygen atoms in total. The molecule has 0 spiro atoms. The lowest BCUT2D eigenvalue weighted by Crippen LogP contribution is -1.41. The molecule has 0 fully saturated rings. The van der Waals surface area contributed by atoms with E-state index in [0.717, 1.165) is 0 Å². The summed E-state index contributed by atoms with van der Waals surface area (Å²) in [7, 11) is 1.37. The summed E-state index contributed by atoms with van der Waals surface area (Å²) in [4.78, 5) is 0. The van der Waals surface area contributed by atoms with E-state index in [-0.39, 0.29) is 0 Å². The molecule has 1 heteroatoms. The van der Waals surface area contributed by atoms with Gasteiger partial charge in [-0.2, -0.15) is 0 Å². The maximum Gasteiger partial charge on any atom is 0.00244 e. The summed E-state index contributed by atoms with van der Waals surface area (Å²) in [6.45, 7) is 8.19. The first-order valence-electron chi connectivity index (χ1n) is 1.91. The van der Waals surface area contributed by atoms with E-state index in [1.54, 1.807) is 0 Å². The largest absolute Gasteiger partial charge is 0.106 e. The number of rotatable bonds is 0. The Morgan fingerprint density at radius 3 is 1.60 bits per heavy atom. The topological polar surface area (TPSA) is 0 Å². The summed E-state index contributed by atoms with van der Waals surface area (Å²) in [6, 6.07) is 1.39. The fraction of sp³-hybridized carbons (Fsp3) is 0.500. The molecule has 0 aliphatic heterocycles. The summed E-state index contributed by atoms with van der Waals surface area (Å²) >= 11 is 0. The SMILES string of the molecule is C=C.CC[SiH3]. The maximum absolute atomic E-state index is 3.00. The molecule has 0 bridgehead atoms. The monoisotopic (exact) mass is 88.1 g/mol. The van der Waals surface area contributed by atoms with Gasteiger partial charge < -0.3 is 0 Å². The Labute approximate surface area is 37.3 Å². The molecular formula is C4H12Si. The molecule has 0 atom stereocenters. The van der Waals surface area contributed by atoms with Crippen LogP contribution >= 0.6 is 0 Å². The van der Waals surface area contributed by atoms with Gasteiger partial charge in [0.2, 0.25) is 0 Å². The highest BCUT2D eigenvalue weighted by atomic mass is 28.1. The molecule has 0 radical (unpaired) electrons. The molecule has 0 N–H and O–H groups in total. The third kappa shape index (κ3) is 8150. The summed E-state index contributed by atoms with van der Waals surface area (Å²) in [6.07, 6.45) is 0. The highest BCUT2D eigenvalue weighted by molar-refractivity contribution is 6.08. The Hall–Kier alpha value is -0.0431. The van der Waals surface area contributed by atoms with Gasteiger partial charge in [0.25, 0.3) is 0 Å². The van der Waals surface area contributed by atoms with Crippen molar-refractivity contribution in [2.24, 2.45) is 0 Å². The van der Waals surface area contributed by atoms with Crippen LogP contribution in [0.2, 0.25) is 6.04 Å². The van der Waals surface area contributed by atoms with Crippen molar-refractivity contribution >= 4 is 10.2 Å². The first-order chi connectivity index (χ1) is 2.41. The molecule has 0 aromatic carbocycles. The summed E-state index contributed by atoms with van der Waals surface area (Å²) in [5.74, 6) is 0. The molecule has 5 heavy (non-hydrogen) atoms. The molecule has 32 valence electrons. The van der Waals surface area contributed by atoms with Gasteiger partial charge in [-0.15, -0.1) is 13.2 Å². The summed E-state index contributed by atoms with van der Waals surface area (Å²) < 4.78 is 0. The zero-order valence-electron chi connectivity index (χ0n) is 4.12. The molecule has 0 aliphatic rings. The van der Waals surface area contributed by atoms with Crippen LogP contribution < -0.4 is 0 Å². The zero-order chi connectivity index (χ0) is 4.71. The van der Waals surface area contributed by atoms with E-state index < -0.39 is 0 Å². The standard InChI is InChI=1S/C2H8Si.C2H4/c1-2-3;1-2/h2H2,1,3H3;1-2H2. The second-order valence-electron chi connectivity index (χ2n) is 0.707. The first kappa shape index (κ1) is 8.88. The number of hydrogen-bond acceptors (Lipinski definition) is 0. The van der Waals surface area contributed by atoms with E-state index in [0.29, 0.717) is 0 Å². The molecule has 0 aromatic rings. The Bertz CT molecular complexity index is 7.61. The molecule has 0 aromatic heterocycles. The average molecular weight is 88.2 g/mol. The van der Waals surface area contributed by atoms with Crippen molar-refractivity contribution in [1.82, 2.24) is 0 Å². The van der Waals surface area contributed by atoms with Crippen molar-refractivity contribution in [3.8, 4) is 0 Å². The first-order valence-corrected chi connectivity index (χ1v) is 3.33. The van der Waals surface area contributed by atoms with Crippen molar-refractivity contribution in [1.29, 1.82) is 0 Å². The van der Waals surface area contributed by atoms with Gasteiger partial charge in [-0.25, -0.2) is 0 Å². The lowest BCUT2D eigenvalue weighted by molar-refractivity contribution is 1.48. The highest BCUT2D eigenvalue weighted by Gasteiger charge is 1.36. The van der Waals surface area contributed by atoms with Crippen molar-refractivity contribution in [2.45, 2.75) is 13.0 Å². The van der Waals surface area contributed by atoms with E-state index in [2.05, 4.69) is 20.1 Å². The van der Waals surface area contributed by atoms with Gasteiger partial charge >= 0.3 is 0 Å². The fourth-order valence-corrected chi connectivity index (χ4v) is 0. The molecule has 0 aliphatic carbocycles. The molecule has 0 unspecified atom stereocenters. The van der Waals surface area contributed by atoms with Crippen LogP contribution in [0.3, 0.4) is 0 Å². The highest BCUT2D eigenvalue weighted by Crippen LogP contribution is 1.49. The van der Waals surface area contributed by atoms with Gasteiger partial charge in [-0.3, -0.25) is 0 Å². The van der Waals surface area contributed by atoms with Gasteiger partial charge in [-0.05, 0) is 0 Å². The Morgan fingerprint density at radius 2 is 1.60 bits per heavy atom. The molecule has 0 amide bonds. The van der Waals surface area contributed by atoms with Crippen LogP contribution in [0, 0.1) is 0 Å². The average Bonchev–Trinajstić information content (AvgIpc) is 1.46. The van der Waals surface area contributed by atoms with E-state index in [1.807, 2.05) is 0 Å². The van der Waals surface area contributed by atoms with Crippen LogP contribution in [0.5, 0.6) is 0 Å². The Kier molecular flexibility index (Phi) is 67.1. The summed E-state index contributed by atoms with van der Waals surface area (Å²) in [5, 5.41) is 0. The molecule has 0 heterocycles. The van der Waals surface area contributed by atoms with Crippen LogP contribution in [0.4, 0.5) is 0 Å². The lowest BCUT2D eigenvalue weighted by Gasteiger charge is -1.47. The van der Waals surface area contributed by atoms with E-state index in [4.69, 9.17) is 0 Å². The Morgan fingerprint density at radius 1 is 1.60 bits per heavy atom. The summed E-state index contributed by atoms with van der Waals surface area (Å²) in [5.41, 5.74) is 0. The van der Waals surface area contributed by atoms with Gasteiger partial charge in [0, 0.05) is 10.2 Å². The van der Waals surface area contributed by atoms with Gasteiger partial charge in [0.15, 0.2) is 0 Å². The van der Waals surface area contributed by atoms with E-state index in [1.165, 1.54) is 16.3 Å². The van der Waals surface area contributed by atoms with Crippen LogP contribution in [-0.2, 0) is 0 Å². The molecule has 0 rings (SSSR count). The van der Waals surface area contributed by atoms with Crippen molar-refractivity contribution in [3.05, 3.63) is 13.2 Å². The van der Waals surface area contributed by atoms with Gasteiger partial charge in [0.1, 0.15) is 0 Å². The van der Waals surface area contributed by atoms with Crippen LogP contribution in [0.1, 0.15) is 6.92 Å². The van der Waals surface area contributed by atoms with Crippen molar-refractivity contribution in [2.75, 3.05) is 0 Å². The minimum Gasteiger partial charge on any atom is -0.106 e. The van der Waals surface area contributed by atoms with E-state index in [9.17, 15) is 0 Å². The van der Waals surface area contributed by atoms with Crippen LogP contribution in [0.15, 0.2) is 13.2 Å². The third-order valence-electron chi connectivity index (χ3n) is 0. The zero-order valence-corrected chi connectivity index (χ0v) is 6.12. The van der Waals surface area contributed by atoms with Gasteiger partial charge in [-0.1, -0.05) is 13.0 Å². The second kappa shape index (κ2) is 37.8. The second-order valence-corrected chi connectivity index (χ2v) is 2.12. The predicted octanol–water partition coefficient (Wildman–Crippen LogP) is 0.592. The van der Waals surface area contributed by atoms with Crippen LogP contribution in [-0.4, -0.2) is 10.2 Å². The minimum absolute atomic E-state index is 1.37. The molecule has 0 saturated carbocycles. The molecule has 0 saturated heterocycles. The Balaban J connectivity index is 0. The van der Waals surface area contributed by atoms with Gasteiger partial charge in [0.05, 0.1) is 0 Å². The number of hydrogen-bond donors (Lipinski definition) is 0. The minimum atomic E-state index is 1.37. The van der Waals surface area contributed by atoms with Crippen molar-refractivity contribution in [3.63, 3.8) is 0 Å². The fourth-order valence-electron chi connectivity index (χ4n) is 0. The predicted molar refractivity (Wildman–Crippen MR) is 31.7 cm³/mol. The normalized spacial score (nSPS) is 5.00. The quantitative estimate of drug-likeness (QED) is 0.300. The lowest BCUT2D eigenvalue weighted by atomic mass is 11.0.